The van der Waals surface area contributed by atoms with Crippen molar-refractivity contribution in [2.24, 2.45) is 5.92 Å². The molecule has 0 spiro atoms. The SMILES string of the molecule is CC/C=C\C/C=C\C/C=C\CCCCCCCC(=O)OCC(CNC(=O)CCCCCCC/C=C\C/C=C\CCCCC)COC(=O)NC1CN(C2CCCC2)C1. The Kier molecular flexibility index (Phi) is 31.6. The Hall–Kier alpha value is -3.13. The van der Waals surface area contributed by atoms with Gasteiger partial charge in [-0.1, -0.05) is 139 Å². The maximum Gasteiger partial charge on any atom is 0.407 e. The van der Waals surface area contributed by atoms with Crippen LogP contribution in [0, 0.1) is 5.92 Å². The summed E-state index contributed by atoms with van der Waals surface area (Å²) in [5.74, 6) is -0.541. The van der Waals surface area contributed by atoms with Gasteiger partial charge in [0.1, 0.15) is 6.61 Å². The second-order valence-corrected chi connectivity index (χ2v) is 16.3. The minimum Gasteiger partial charge on any atom is -0.465 e. The van der Waals surface area contributed by atoms with Crippen LogP contribution in [0.1, 0.15) is 181 Å². The van der Waals surface area contributed by atoms with Gasteiger partial charge in [-0.15, -0.1) is 0 Å². The molecule has 1 unspecified atom stereocenters. The number of allylic oxidation sites excluding steroid dienone is 10. The first-order chi connectivity index (χ1) is 28.0. The van der Waals surface area contributed by atoms with E-state index in [1.807, 2.05) is 0 Å². The van der Waals surface area contributed by atoms with Gasteiger partial charge in [-0.05, 0) is 89.9 Å². The highest BCUT2D eigenvalue weighted by Gasteiger charge is 2.34. The molecular formula is C49H83N3O5. The molecule has 2 fully saturated rings. The van der Waals surface area contributed by atoms with E-state index < -0.39 is 6.09 Å². The summed E-state index contributed by atoms with van der Waals surface area (Å²) >= 11 is 0. The number of nitrogens with zero attached hydrogens (tertiary/aromatic N) is 1. The molecule has 2 aliphatic rings. The molecule has 0 radical (unpaired) electrons. The van der Waals surface area contributed by atoms with E-state index >= 15 is 0 Å². The van der Waals surface area contributed by atoms with Gasteiger partial charge >= 0.3 is 12.1 Å². The number of hydrogen-bond acceptors (Lipinski definition) is 6. The molecule has 1 saturated carbocycles. The van der Waals surface area contributed by atoms with E-state index in [2.05, 4.69) is 90.1 Å². The van der Waals surface area contributed by atoms with Crippen LogP contribution in [0.5, 0.6) is 0 Å². The summed E-state index contributed by atoms with van der Waals surface area (Å²) in [7, 11) is 0. The fraction of sp³-hybridized carbons (Fsp3) is 0.735. The second-order valence-electron chi connectivity index (χ2n) is 16.3. The van der Waals surface area contributed by atoms with Gasteiger partial charge in [-0.25, -0.2) is 4.79 Å². The summed E-state index contributed by atoms with van der Waals surface area (Å²) in [5, 5.41) is 5.99. The Bertz CT molecular complexity index is 1170. The number of carbonyl (C=O) groups excluding carboxylic acids is 3. The third-order valence-corrected chi connectivity index (χ3v) is 11.0. The molecule has 2 N–H and O–H groups in total. The van der Waals surface area contributed by atoms with E-state index in [-0.39, 0.29) is 37.0 Å². The largest absolute Gasteiger partial charge is 0.465 e. The van der Waals surface area contributed by atoms with Crippen LogP contribution >= 0.6 is 0 Å². The summed E-state index contributed by atoms with van der Waals surface area (Å²) < 4.78 is 11.2. The Morgan fingerprint density at radius 1 is 0.614 bits per heavy atom. The zero-order valence-corrected chi connectivity index (χ0v) is 36.4. The lowest BCUT2D eigenvalue weighted by molar-refractivity contribution is -0.145. The van der Waals surface area contributed by atoms with Crippen molar-refractivity contribution in [3.05, 3.63) is 60.8 Å². The van der Waals surface area contributed by atoms with Gasteiger partial charge < -0.3 is 20.1 Å². The highest BCUT2D eigenvalue weighted by molar-refractivity contribution is 5.75. The van der Waals surface area contributed by atoms with Crippen LogP contribution in [-0.4, -0.2) is 67.8 Å². The smallest absolute Gasteiger partial charge is 0.407 e. The highest BCUT2D eigenvalue weighted by Crippen LogP contribution is 2.27. The summed E-state index contributed by atoms with van der Waals surface area (Å²) in [6.45, 7) is 6.64. The highest BCUT2D eigenvalue weighted by atomic mass is 16.6. The van der Waals surface area contributed by atoms with Crippen LogP contribution < -0.4 is 10.6 Å². The molecule has 1 aliphatic carbocycles. The van der Waals surface area contributed by atoms with E-state index in [4.69, 9.17) is 9.47 Å². The number of unbranched alkanes of at least 4 members (excludes halogenated alkanes) is 13. The summed E-state index contributed by atoms with van der Waals surface area (Å²) in [6, 6.07) is 0.773. The van der Waals surface area contributed by atoms with Crippen molar-refractivity contribution in [3.63, 3.8) is 0 Å². The van der Waals surface area contributed by atoms with Crippen molar-refractivity contribution in [2.45, 2.75) is 193 Å². The zero-order chi connectivity index (χ0) is 40.9. The Labute approximate surface area is 348 Å². The predicted molar refractivity (Wildman–Crippen MR) is 238 cm³/mol. The first kappa shape index (κ1) is 50.0. The molecule has 2 rings (SSSR count). The van der Waals surface area contributed by atoms with Gasteiger partial charge in [0, 0.05) is 44.4 Å². The van der Waals surface area contributed by atoms with E-state index in [1.54, 1.807) is 0 Å². The standard InChI is InChI=1S/C49H83N3O5/c1-3-5-7-9-11-13-15-17-19-21-23-25-27-29-31-37-47(53)50-39-44(43-57-49(55)51-45-40-52(41-45)46-35-33-34-36-46)42-56-48(54)38-32-30-28-26-24-22-20-18-16-14-12-10-8-6-4-2/h6,8,11-14,17-20,44-46H,3-5,7,9-10,15-16,21-43H2,1-2H3,(H,50,53)(H,51,55)/b8-6-,13-11-,14-12-,19-17-,20-18-. The summed E-state index contributed by atoms with van der Waals surface area (Å²) in [6.07, 6.45) is 50.0. The third kappa shape index (κ3) is 28.8. The number of amides is 2. The van der Waals surface area contributed by atoms with Crippen LogP contribution in [0.4, 0.5) is 4.79 Å². The summed E-state index contributed by atoms with van der Waals surface area (Å²) in [5.41, 5.74) is 0. The molecule has 1 atom stereocenters. The van der Waals surface area contributed by atoms with Crippen molar-refractivity contribution in [1.82, 2.24) is 15.5 Å². The summed E-state index contributed by atoms with van der Waals surface area (Å²) in [4.78, 5) is 40.4. The Balaban J connectivity index is 1.59. The third-order valence-electron chi connectivity index (χ3n) is 11.0. The molecule has 1 heterocycles. The van der Waals surface area contributed by atoms with E-state index in [0.29, 0.717) is 25.4 Å². The fourth-order valence-corrected chi connectivity index (χ4v) is 7.35. The van der Waals surface area contributed by atoms with Crippen molar-refractivity contribution in [3.8, 4) is 0 Å². The van der Waals surface area contributed by atoms with Gasteiger partial charge in [0.2, 0.25) is 5.91 Å². The van der Waals surface area contributed by atoms with Crippen LogP contribution in [0.25, 0.3) is 0 Å². The molecule has 0 aromatic carbocycles. The lowest BCUT2D eigenvalue weighted by Gasteiger charge is -2.43. The molecule has 0 bridgehead atoms. The van der Waals surface area contributed by atoms with Gasteiger partial charge in [-0.3, -0.25) is 14.5 Å². The van der Waals surface area contributed by atoms with Crippen molar-refractivity contribution >= 4 is 18.0 Å². The average Bonchev–Trinajstić information content (AvgIpc) is 3.73. The minimum atomic E-state index is -0.443. The number of carbonyl (C=O) groups is 3. The first-order valence-electron chi connectivity index (χ1n) is 23.4. The molecule has 1 saturated heterocycles. The molecule has 0 aromatic heterocycles. The number of alkyl carbamates (subject to hydrolysis) is 1. The maximum absolute atomic E-state index is 12.7. The number of hydrogen-bond donors (Lipinski definition) is 2. The van der Waals surface area contributed by atoms with Crippen molar-refractivity contribution in [1.29, 1.82) is 0 Å². The van der Waals surface area contributed by atoms with Crippen LogP contribution in [-0.2, 0) is 19.1 Å². The van der Waals surface area contributed by atoms with E-state index in [9.17, 15) is 14.4 Å². The van der Waals surface area contributed by atoms with E-state index in [1.165, 1.54) is 70.6 Å². The van der Waals surface area contributed by atoms with Gasteiger partial charge in [0.05, 0.1) is 12.6 Å². The average molecular weight is 794 g/mol. The van der Waals surface area contributed by atoms with Gasteiger partial charge in [-0.2, -0.15) is 0 Å². The first-order valence-corrected chi connectivity index (χ1v) is 23.4. The molecule has 0 aromatic rings. The molecule has 8 nitrogen and oxygen atoms in total. The quantitative estimate of drug-likeness (QED) is 0.0377. The lowest BCUT2D eigenvalue weighted by Crippen LogP contribution is -2.61. The van der Waals surface area contributed by atoms with Crippen molar-refractivity contribution < 1.29 is 23.9 Å². The fourth-order valence-electron chi connectivity index (χ4n) is 7.35. The minimum absolute atomic E-state index is 0.00859. The molecule has 1 aliphatic heterocycles. The second kappa shape index (κ2) is 36.0. The molecule has 57 heavy (non-hydrogen) atoms. The maximum atomic E-state index is 12.7. The van der Waals surface area contributed by atoms with Crippen LogP contribution in [0.15, 0.2) is 60.8 Å². The van der Waals surface area contributed by atoms with Gasteiger partial charge in [0.25, 0.3) is 0 Å². The predicted octanol–water partition coefficient (Wildman–Crippen LogP) is 12.0. The van der Waals surface area contributed by atoms with Crippen LogP contribution in [0.2, 0.25) is 0 Å². The number of likely N-dealkylation sites (tertiary alicyclic amines) is 1. The lowest BCUT2D eigenvalue weighted by atomic mass is 10.0. The Morgan fingerprint density at radius 2 is 1.12 bits per heavy atom. The number of esters is 1. The molecular weight excluding hydrogens is 711 g/mol. The number of rotatable bonds is 35. The number of ether oxygens (including phenoxy) is 2. The topological polar surface area (TPSA) is 97.0 Å². The monoisotopic (exact) mass is 794 g/mol. The normalized spacial score (nSPS) is 16.1. The Morgan fingerprint density at radius 3 is 1.72 bits per heavy atom. The molecule has 324 valence electrons. The molecule has 2 amide bonds. The molecule has 8 heteroatoms. The van der Waals surface area contributed by atoms with Crippen LogP contribution in [0.3, 0.4) is 0 Å². The zero-order valence-electron chi connectivity index (χ0n) is 36.4. The van der Waals surface area contributed by atoms with Gasteiger partial charge in [0.15, 0.2) is 0 Å². The van der Waals surface area contributed by atoms with Crippen molar-refractivity contribution in [2.75, 3.05) is 32.8 Å². The number of nitrogens with one attached hydrogen (secondary N) is 2. The van der Waals surface area contributed by atoms with E-state index in [0.717, 1.165) is 96.6 Å².